The van der Waals surface area contributed by atoms with Crippen molar-refractivity contribution in [3.8, 4) is 11.3 Å². The maximum absolute atomic E-state index is 13.4. The summed E-state index contributed by atoms with van der Waals surface area (Å²) in [6.07, 6.45) is 0. The predicted octanol–water partition coefficient (Wildman–Crippen LogP) is 3.90. The van der Waals surface area contributed by atoms with E-state index < -0.39 is 17.5 Å². The Morgan fingerprint density at radius 3 is 2.00 bits per heavy atom. The third kappa shape index (κ3) is 3.15. The fraction of sp³-hybridized carbons (Fsp3) is 0.333. The fourth-order valence-electron chi connectivity index (χ4n) is 1.76. The Hall–Kier alpha value is -2.11. The third-order valence-corrected chi connectivity index (χ3v) is 2.93. The highest BCUT2D eigenvalue weighted by molar-refractivity contribution is 5.63. The molecule has 0 atom stereocenters. The summed E-state index contributed by atoms with van der Waals surface area (Å²) in [7, 11) is 1.68. The van der Waals surface area contributed by atoms with E-state index in [-0.39, 0.29) is 11.0 Å². The van der Waals surface area contributed by atoms with E-state index in [1.807, 2.05) is 20.8 Å². The Morgan fingerprint density at radius 2 is 1.52 bits per heavy atom. The number of nitrogens with zero attached hydrogens (tertiary/aromatic N) is 2. The Morgan fingerprint density at radius 1 is 0.952 bits per heavy atom. The first-order chi connectivity index (χ1) is 9.72. The lowest BCUT2D eigenvalue weighted by Gasteiger charge is -2.18. The molecule has 0 spiro atoms. The molecule has 3 nitrogen and oxygen atoms in total. The van der Waals surface area contributed by atoms with Gasteiger partial charge in [0.05, 0.1) is 5.69 Å². The lowest BCUT2D eigenvalue weighted by Crippen LogP contribution is -2.17. The Labute approximate surface area is 121 Å². The van der Waals surface area contributed by atoms with Gasteiger partial charge in [-0.2, -0.15) is 0 Å². The lowest BCUT2D eigenvalue weighted by atomic mass is 9.95. The molecule has 2 aromatic rings. The molecule has 1 aromatic heterocycles. The highest BCUT2D eigenvalue weighted by Crippen LogP contribution is 2.27. The van der Waals surface area contributed by atoms with Crippen molar-refractivity contribution in [3.05, 3.63) is 41.5 Å². The molecule has 6 heteroatoms. The molecule has 0 amide bonds. The van der Waals surface area contributed by atoms with Crippen LogP contribution in [0.25, 0.3) is 11.3 Å². The Balaban J connectivity index is 2.63. The Bertz CT molecular complexity index is 655. The molecule has 0 radical (unpaired) electrons. The van der Waals surface area contributed by atoms with Gasteiger partial charge in [-0.15, -0.1) is 0 Å². The van der Waals surface area contributed by atoms with Crippen molar-refractivity contribution in [3.63, 3.8) is 0 Å². The van der Waals surface area contributed by atoms with Crippen molar-refractivity contribution in [2.75, 3.05) is 12.4 Å². The SMILES string of the molecule is CNc1cc(-c2cc(F)c(F)c(F)c2)nc(C(C)(C)C)n1. The van der Waals surface area contributed by atoms with Crippen molar-refractivity contribution in [1.82, 2.24) is 9.97 Å². The Kier molecular flexibility index (Phi) is 3.89. The molecule has 1 N–H and O–H groups in total. The summed E-state index contributed by atoms with van der Waals surface area (Å²) in [6.45, 7) is 5.78. The molecule has 0 unspecified atom stereocenters. The van der Waals surface area contributed by atoms with Crippen LogP contribution in [0.5, 0.6) is 0 Å². The molecule has 0 saturated carbocycles. The van der Waals surface area contributed by atoms with E-state index in [4.69, 9.17) is 0 Å². The fourth-order valence-corrected chi connectivity index (χ4v) is 1.76. The van der Waals surface area contributed by atoms with Crippen molar-refractivity contribution in [1.29, 1.82) is 0 Å². The van der Waals surface area contributed by atoms with E-state index in [1.165, 1.54) is 0 Å². The van der Waals surface area contributed by atoms with Gasteiger partial charge in [0.1, 0.15) is 11.6 Å². The number of benzene rings is 1. The van der Waals surface area contributed by atoms with Crippen LogP contribution in [0.2, 0.25) is 0 Å². The average Bonchev–Trinajstić information content (AvgIpc) is 2.42. The zero-order valence-corrected chi connectivity index (χ0v) is 12.3. The van der Waals surface area contributed by atoms with E-state index >= 15 is 0 Å². The number of hydrogen-bond acceptors (Lipinski definition) is 3. The summed E-state index contributed by atoms with van der Waals surface area (Å²) in [5.74, 6) is -2.93. The molecule has 0 aliphatic rings. The summed E-state index contributed by atoms with van der Waals surface area (Å²) >= 11 is 0. The van der Waals surface area contributed by atoms with Gasteiger partial charge in [-0.3, -0.25) is 0 Å². The molecule has 0 aliphatic heterocycles. The lowest BCUT2D eigenvalue weighted by molar-refractivity contribution is 0.447. The highest BCUT2D eigenvalue weighted by atomic mass is 19.2. The van der Waals surface area contributed by atoms with Crippen LogP contribution in [0.15, 0.2) is 18.2 Å². The number of nitrogens with one attached hydrogen (secondary N) is 1. The normalized spacial score (nSPS) is 11.6. The van der Waals surface area contributed by atoms with Crippen molar-refractivity contribution in [2.24, 2.45) is 0 Å². The van der Waals surface area contributed by atoms with Crippen LogP contribution in [0, 0.1) is 17.5 Å². The van der Waals surface area contributed by atoms with E-state index in [0.717, 1.165) is 12.1 Å². The van der Waals surface area contributed by atoms with Crippen LogP contribution in [0.3, 0.4) is 0 Å². The topological polar surface area (TPSA) is 37.8 Å². The van der Waals surface area contributed by atoms with Gasteiger partial charge >= 0.3 is 0 Å². The summed E-state index contributed by atoms with van der Waals surface area (Å²) in [5, 5.41) is 2.88. The molecule has 0 fully saturated rings. The first-order valence-electron chi connectivity index (χ1n) is 6.44. The summed E-state index contributed by atoms with van der Waals surface area (Å²) in [4.78, 5) is 8.66. The number of rotatable bonds is 2. The van der Waals surface area contributed by atoms with Gasteiger partial charge in [-0.25, -0.2) is 23.1 Å². The molecule has 1 aromatic carbocycles. The van der Waals surface area contributed by atoms with Crippen LogP contribution in [-0.4, -0.2) is 17.0 Å². The second-order valence-corrected chi connectivity index (χ2v) is 5.72. The number of aromatic nitrogens is 2. The summed E-state index contributed by atoms with van der Waals surface area (Å²) in [6, 6.07) is 3.40. The standard InChI is InChI=1S/C15H16F3N3/c1-15(2,3)14-20-11(7-12(19-4)21-14)8-5-9(16)13(18)10(17)6-8/h5-7H,1-4H3,(H,19,20,21). The first kappa shape index (κ1) is 15.3. The van der Waals surface area contributed by atoms with Gasteiger partial charge in [0.25, 0.3) is 0 Å². The molecule has 0 aliphatic carbocycles. The zero-order valence-electron chi connectivity index (χ0n) is 12.3. The predicted molar refractivity (Wildman–Crippen MR) is 75.6 cm³/mol. The minimum Gasteiger partial charge on any atom is -0.373 e. The van der Waals surface area contributed by atoms with E-state index in [2.05, 4.69) is 15.3 Å². The minimum atomic E-state index is -1.49. The van der Waals surface area contributed by atoms with Gasteiger partial charge in [-0.1, -0.05) is 20.8 Å². The number of hydrogen-bond donors (Lipinski definition) is 1. The zero-order chi connectivity index (χ0) is 15.8. The quantitative estimate of drug-likeness (QED) is 0.854. The van der Waals surface area contributed by atoms with E-state index in [9.17, 15) is 13.2 Å². The number of halogens is 3. The van der Waals surface area contributed by atoms with Crippen molar-refractivity contribution in [2.45, 2.75) is 26.2 Å². The van der Waals surface area contributed by atoms with Crippen LogP contribution >= 0.6 is 0 Å². The maximum atomic E-state index is 13.4. The van der Waals surface area contributed by atoms with Crippen molar-refractivity contribution >= 4 is 5.82 Å². The smallest absolute Gasteiger partial charge is 0.194 e. The van der Waals surface area contributed by atoms with E-state index in [1.54, 1.807) is 13.1 Å². The van der Waals surface area contributed by atoms with Crippen molar-refractivity contribution < 1.29 is 13.2 Å². The van der Waals surface area contributed by atoms with Gasteiger partial charge in [0.15, 0.2) is 17.5 Å². The highest BCUT2D eigenvalue weighted by Gasteiger charge is 2.20. The van der Waals surface area contributed by atoms with Gasteiger partial charge < -0.3 is 5.32 Å². The first-order valence-corrected chi connectivity index (χ1v) is 6.44. The van der Waals surface area contributed by atoms with Crippen LogP contribution in [-0.2, 0) is 5.41 Å². The molecular formula is C15H16F3N3. The van der Waals surface area contributed by atoms with E-state index in [0.29, 0.717) is 17.3 Å². The molecule has 2 rings (SSSR count). The maximum Gasteiger partial charge on any atom is 0.194 e. The second kappa shape index (κ2) is 5.35. The van der Waals surface area contributed by atoms with Crippen LogP contribution < -0.4 is 5.32 Å². The van der Waals surface area contributed by atoms with Crippen LogP contribution in [0.1, 0.15) is 26.6 Å². The molecular weight excluding hydrogens is 279 g/mol. The molecule has 0 bridgehead atoms. The summed E-state index contributed by atoms with van der Waals surface area (Å²) in [5.41, 5.74) is 0.159. The summed E-state index contributed by atoms with van der Waals surface area (Å²) < 4.78 is 39.8. The molecule has 1 heterocycles. The van der Waals surface area contributed by atoms with Crippen LogP contribution in [0.4, 0.5) is 19.0 Å². The number of anilines is 1. The molecule has 21 heavy (non-hydrogen) atoms. The van der Waals surface area contributed by atoms with Gasteiger partial charge in [0.2, 0.25) is 0 Å². The van der Waals surface area contributed by atoms with Gasteiger partial charge in [0, 0.05) is 24.1 Å². The largest absolute Gasteiger partial charge is 0.373 e. The monoisotopic (exact) mass is 295 g/mol. The molecule has 0 saturated heterocycles. The minimum absolute atomic E-state index is 0.163. The third-order valence-electron chi connectivity index (χ3n) is 2.93. The van der Waals surface area contributed by atoms with Gasteiger partial charge in [-0.05, 0) is 12.1 Å². The average molecular weight is 295 g/mol. The second-order valence-electron chi connectivity index (χ2n) is 5.72. The molecule has 112 valence electrons.